The third kappa shape index (κ3) is 4.21. The summed E-state index contributed by atoms with van der Waals surface area (Å²) in [5, 5.41) is 0. The highest BCUT2D eigenvalue weighted by Crippen LogP contribution is 2.15. The third-order valence-corrected chi connectivity index (χ3v) is 3.03. The van der Waals surface area contributed by atoms with Gasteiger partial charge >= 0.3 is 0 Å². The van der Waals surface area contributed by atoms with Gasteiger partial charge in [-0.25, -0.2) is 8.78 Å². The van der Waals surface area contributed by atoms with Crippen LogP contribution in [0.25, 0.3) is 0 Å². The van der Waals surface area contributed by atoms with Crippen LogP contribution in [0.15, 0.2) is 42.5 Å². The number of ether oxygens (including phenoxy) is 1. The van der Waals surface area contributed by atoms with E-state index in [-0.39, 0.29) is 11.3 Å². The van der Waals surface area contributed by atoms with E-state index in [0.717, 1.165) is 23.6 Å². The van der Waals surface area contributed by atoms with Gasteiger partial charge < -0.3 is 4.74 Å². The quantitative estimate of drug-likeness (QED) is 0.743. The van der Waals surface area contributed by atoms with Crippen molar-refractivity contribution in [1.82, 2.24) is 0 Å². The van der Waals surface area contributed by atoms with Crippen molar-refractivity contribution < 1.29 is 18.3 Å². The van der Waals surface area contributed by atoms with E-state index in [1.54, 1.807) is 18.2 Å². The van der Waals surface area contributed by atoms with Gasteiger partial charge in [0, 0.05) is 11.1 Å². The highest BCUT2D eigenvalue weighted by Gasteiger charge is 2.12. The van der Waals surface area contributed by atoms with Crippen molar-refractivity contribution in [3.8, 4) is 0 Å². The second-order valence-electron chi connectivity index (χ2n) is 5.36. The second kappa shape index (κ2) is 7.27. The zero-order valence-corrected chi connectivity index (χ0v) is 12.5. The lowest BCUT2D eigenvalue weighted by Gasteiger charge is -2.08. The largest absolute Gasteiger partial charge is 0.376 e. The number of hydrogen-bond donors (Lipinski definition) is 0. The Balaban J connectivity index is 2.14. The lowest BCUT2D eigenvalue weighted by molar-refractivity contribution is 0.103. The van der Waals surface area contributed by atoms with Gasteiger partial charge in [-0.05, 0) is 35.7 Å². The normalized spacial score (nSPS) is 11.0. The molecule has 0 fully saturated rings. The van der Waals surface area contributed by atoms with Crippen LogP contribution in [-0.4, -0.2) is 12.4 Å². The predicted octanol–water partition coefficient (Wildman–Crippen LogP) is 4.33. The van der Waals surface area contributed by atoms with Gasteiger partial charge in [0.25, 0.3) is 0 Å². The van der Waals surface area contributed by atoms with Crippen molar-refractivity contribution in [2.75, 3.05) is 6.61 Å². The molecule has 2 aromatic carbocycles. The van der Waals surface area contributed by atoms with E-state index in [1.807, 2.05) is 19.9 Å². The maximum absolute atomic E-state index is 13.2. The zero-order valence-electron chi connectivity index (χ0n) is 12.5. The highest BCUT2D eigenvalue weighted by atomic mass is 19.2. The lowest BCUT2D eigenvalue weighted by atomic mass is 10.0. The van der Waals surface area contributed by atoms with Crippen molar-refractivity contribution in [3.05, 3.63) is 76.7 Å². The first-order chi connectivity index (χ1) is 10.5. The molecule has 0 aliphatic rings. The summed E-state index contributed by atoms with van der Waals surface area (Å²) in [6.07, 6.45) is 0. The minimum Gasteiger partial charge on any atom is -0.376 e. The third-order valence-electron chi connectivity index (χ3n) is 3.03. The van der Waals surface area contributed by atoms with E-state index >= 15 is 0 Å². The van der Waals surface area contributed by atoms with Gasteiger partial charge in [-0.2, -0.15) is 0 Å². The van der Waals surface area contributed by atoms with E-state index in [9.17, 15) is 13.6 Å². The molecular formula is C18H17F2O2. The molecule has 4 heteroatoms. The average Bonchev–Trinajstić information content (AvgIpc) is 2.49. The molecule has 0 saturated heterocycles. The predicted molar refractivity (Wildman–Crippen MR) is 80.5 cm³/mol. The SMILES string of the molecule is C[C](C)COCc1cccc(C(=O)c2ccc(F)c(F)c2)c1. The molecule has 0 spiro atoms. The van der Waals surface area contributed by atoms with Crippen LogP contribution < -0.4 is 0 Å². The van der Waals surface area contributed by atoms with Crippen LogP contribution >= 0.6 is 0 Å². The van der Waals surface area contributed by atoms with Gasteiger partial charge in [-0.15, -0.1) is 0 Å². The van der Waals surface area contributed by atoms with E-state index < -0.39 is 11.6 Å². The van der Waals surface area contributed by atoms with Crippen LogP contribution in [0.3, 0.4) is 0 Å². The fourth-order valence-electron chi connectivity index (χ4n) is 1.98. The van der Waals surface area contributed by atoms with Crippen LogP contribution in [0.2, 0.25) is 0 Å². The van der Waals surface area contributed by atoms with Gasteiger partial charge in [-0.1, -0.05) is 32.0 Å². The Labute approximate surface area is 128 Å². The van der Waals surface area contributed by atoms with Crippen molar-refractivity contribution >= 4 is 5.78 Å². The fourth-order valence-corrected chi connectivity index (χ4v) is 1.98. The molecule has 0 atom stereocenters. The number of carbonyl (C=O) groups is 1. The number of carbonyl (C=O) groups excluding carboxylic acids is 1. The molecule has 0 bridgehead atoms. The number of ketones is 1. The Morgan fingerprint density at radius 3 is 2.41 bits per heavy atom. The first-order valence-corrected chi connectivity index (χ1v) is 6.93. The van der Waals surface area contributed by atoms with Gasteiger partial charge in [0.15, 0.2) is 17.4 Å². The zero-order chi connectivity index (χ0) is 16.1. The summed E-state index contributed by atoms with van der Waals surface area (Å²) >= 11 is 0. The van der Waals surface area contributed by atoms with Crippen molar-refractivity contribution in [2.45, 2.75) is 20.5 Å². The summed E-state index contributed by atoms with van der Waals surface area (Å²) in [5.74, 6) is -1.18. The van der Waals surface area contributed by atoms with Crippen LogP contribution in [-0.2, 0) is 11.3 Å². The minimum absolute atomic E-state index is 0.120. The minimum atomic E-state index is -1.03. The summed E-state index contributed by atoms with van der Waals surface area (Å²) in [5.41, 5.74) is 1.40. The summed E-state index contributed by atoms with van der Waals surface area (Å²) in [6.45, 7) is 4.90. The molecule has 1 radical (unpaired) electrons. The molecule has 2 nitrogen and oxygen atoms in total. The summed E-state index contributed by atoms with van der Waals surface area (Å²) in [6, 6.07) is 10.1. The van der Waals surface area contributed by atoms with Crippen molar-refractivity contribution in [3.63, 3.8) is 0 Å². The Hall–Kier alpha value is -2.07. The maximum atomic E-state index is 13.2. The molecule has 2 rings (SSSR count). The summed E-state index contributed by atoms with van der Waals surface area (Å²) in [4.78, 5) is 12.3. The number of halogens is 2. The molecule has 0 aliphatic heterocycles. The van der Waals surface area contributed by atoms with Crippen LogP contribution in [0, 0.1) is 17.6 Å². The van der Waals surface area contributed by atoms with Crippen LogP contribution in [0.4, 0.5) is 8.78 Å². The van der Waals surface area contributed by atoms with Crippen LogP contribution in [0.5, 0.6) is 0 Å². The van der Waals surface area contributed by atoms with Gasteiger partial charge in [0.05, 0.1) is 13.2 Å². The Kier molecular flexibility index (Phi) is 5.39. The molecular weight excluding hydrogens is 286 g/mol. The van der Waals surface area contributed by atoms with E-state index in [1.165, 1.54) is 6.07 Å². The molecule has 22 heavy (non-hydrogen) atoms. The topological polar surface area (TPSA) is 26.3 Å². The molecule has 2 aromatic rings. The number of benzene rings is 2. The molecule has 0 aliphatic carbocycles. The second-order valence-corrected chi connectivity index (χ2v) is 5.36. The molecule has 0 unspecified atom stereocenters. The first kappa shape index (κ1) is 16.3. The first-order valence-electron chi connectivity index (χ1n) is 6.93. The van der Waals surface area contributed by atoms with Crippen LogP contribution in [0.1, 0.15) is 35.3 Å². The molecule has 0 saturated carbocycles. The Morgan fingerprint density at radius 2 is 1.73 bits per heavy atom. The fraction of sp³-hybridized carbons (Fsp3) is 0.222. The molecule has 0 heterocycles. The van der Waals surface area contributed by atoms with Crippen molar-refractivity contribution in [2.24, 2.45) is 0 Å². The molecule has 0 aromatic heterocycles. The monoisotopic (exact) mass is 303 g/mol. The molecule has 115 valence electrons. The van der Waals surface area contributed by atoms with E-state index in [4.69, 9.17) is 4.74 Å². The van der Waals surface area contributed by atoms with Gasteiger partial charge in [0.2, 0.25) is 0 Å². The summed E-state index contributed by atoms with van der Waals surface area (Å²) < 4.78 is 31.7. The summed E-state index contributed by atoms with van der Waals surface area (Å²) in [7, 11) is 0. The maximum Gasteiger partial charge on any atom is 0.193 e. The standard InChI is InChI=1S/C18H17F2O2/c1-12(2)10-22-11-13-4-3-5-14(8-13)18(21)15-6-7-16(19)17(20)9-15/h3-9H,10-11H2,1-2H3. The van der Waals surface area contributed by atoms with E-state index in [0.29, 0.717) is 18.8 Å². The number of rotatable bonds is 6. The van der Waals surface area contributed by atoms with E-state index in [2.05, 4.69) is 0 Å². The lowest BCUT2D eigenvalue weighted by Crippen LogP contribution is -2.05. The molecule has 0 N–H and O–H groups in total. The highest BCUT2D eigenvalue weighted by molar-refractivity contribution is 6.09. The van der Waals surface area contributed by atoms with Crippen molar-refractivity contribution in [1.29, 1.82) is 0 Å². The Bertz CT molecular complexity index is 666. The average molecular weight is 303 g/mol. The Morgan fingerprint density at radius 1 is 1.00 bits per heavy atom. The van der Waals surface area contributed by atoms with Gasteiger partial charge in [-0.3, -0.25) is 4.79 Å². The van der Waals surface area contributed by atoms with Gasteiger partial charge in [0.1, 0.15) is 0 Å². The smallest absolute Gasteiger partial charge is 0.193 e. The number of hydrogen-bond acceptors (Lipinski definition) is 2. The molecule has 0 amide bonds.